The van der Waals surface area contributed by atoms with Gasteiger partial charge in [0, 0.05) is 36.4 Å². The molecule has 1 saturated heterocycles. The van der Waals surface area contributed by atoms with Gasteiger partial charge in [-0.1, -0.05) is 18.2 Å². The Morgan fingerprint density at radius 2 is 2.14 bits per heavy atom. The van der Waals surface area contributed by atoms with Crippen LogP contribution in [0.3, 0.4) is 0 Å². The van der Waals surface area contributed by atoms with Crippen molar-refractivity contribution >= 4 is 16.6 Å². The van der Waals surface area contributed by atoms with Gasteiger partial charge in [0.05, 0.1) is 17.2 Å². The van der Waals surface area contributed by atoms with Crippen LogP contribution in [0.25, 0.3) is 10.9 Å². The molecule has 0 amide bonds. The van der Waals surface area contributed by atoms with Crippen LogP contribution in [-0.2, 0) is 4.74 Å². The highest BCUT2D eigenvalue weighted by atomic mass is 16.5. The first-order valence-corrected chi connectivity index (χ1v) is 7.48. The molecular formula is C17H23N3O. The van der Waals surface area contributed by atoms with Crippen LogP contribution < -0.4 is 10.6 Å². The first-order valence-electron chi connectivity index (χ1n) is 7.48. The summed E-state index contributed by atoms with van der Waals surface area (Å²) >= 11 is 0. The fourth-order valence-electron chi connectivity index (χ4n) is 3.15. The van der Waals surface area contributed by atoms with Crippen LogP contribution in [0.2, 0.25) is 0 Å². The molecule has 112 valence electrons. The van der Waals surface area contributed by atoms with Gasteiger partial charge >= 0.3 is 0 Å². The molecule has 1 unspecified atom stereocenters. The maximum atomic E-state index is 6.03. The Morgan fingerprint density at radius 3 is 2.90 bits per heavy atom. The van der Waals surface area contributed by atoms with Gasteiger partial charge in [-0.3, -0.25) is 4.98 Å². The Labute approximate surface area is 125 Å². The molecule has 0 aliphatic carbocycles. The summed E-state index contributed by atoms with van der Waals surface area (Å²) in [4.78, 5) is 7.01. The number of nitrogens with two attached hydrogens (primary N) is 1. The van der Waals surface area contributed by atoms with E-state index in [1.54, 1.807) is 0 Å². The zero-order valence-corrected chi connectivity index (χ0v) is 13.0. The third-order valence-electron chi connectivity index (χ3n) is 3.91. The second kappa shape index (κ2) is 5.28. The van der Waals surface area contributed by atoms with E-state index in [4.69, 9.17) is 10.5 Å². The van der Waals surface area contributed by atoms with E-state index in [1.807, 2.05) is 13.0 Å². The number of anilines is 1. The molecule has 3 rings (SSSR count). The molecule has 4 heteroatoms. The van der Waals surface area contributed by atoms with Crippen molar-refractivity contribution in [3.05, 3.63) is 36.0 Å². The highest BCUT2D eigenvalue weighted by Crippen LogP contribution is 2.31. The van der Waals surface area contributed by atoms with E-state index in [1.165, 1.54) is 11.1 Å². The van der Waals surface area contributed by atoms with E-state index >= 15 is 0 Å². The number of fused-ring (bicyclic) bond motifs is 1. The first-order chi connectivity index (χ1) is 9.98. The SMILES string of the molecule is Cc1cc(N2CC(CN)OC(C)(C)C2)c2ccccc2n1. The molecule has 2 heterocycles. The summed E-state index contributed by atoms with van der Waals surface area (Å²) in [7, 11) is 0. The lowest BCUT2D eigenvalue weighted by Gasteiger charge is -2.44. The topological polar surface area (TPSA) is 51.4 Å². The number of hydrogen-bond donors (Lipinski definition) is 1. The maximum absolute atomic E-state index is 6.03. The molecule has 1 fully saturated rings. The predicted octanol–water partition coefficient (Wildman–Crippen LogP) is 2.49. The number of ether oxygens (including phenoxy) is 1. The van der Waals surface area contributed by atoms with E-state index in [0.717, 1.165) is 24.3 Å². The minimum atomic E-state index is -0.194. The van der Waals surface area contributed by atoms with Gasteiger partial charge in [0.2, 0.25) is 0 Å². The smallest absolute Gasteiger partial charge is 0.0879 e. The molecule has 1 aliphatic rings. The Morgan fingerprint density at radius 1 is 1.38 bits per heavy atom. The van der Waals surface area contributed by atoms with Crippen LogP contribution in [-0.4, -0.2) is 36.3 Å². The van der Waals surface area contributed by atoms with Crippen LogP contribution >= 0.6 is 0 Å². The van der Waals surface area contributed by atoms with Gasteiger partial charge in [-0.05, 0) is 32.9 Å². The van der Waals surface area contributed by atoms with Gasteiger partial charge in [-0.2, -0.15) is 0 Å². The minimum Gasteiger partial charge on any atom is -0.367 e. The molecule has 4 nitrogen and oxygen atoms in total. The average Bonchev–Trinajstić information content (AvgIpc) is 2.44. The number of hydrogen-bond acceptors (Lipinski definition) is 4. The number of benzene rings is 1. The van der Waals surface area contributed by atoms with E-state index in [9.17, 15) is 0 Å². The molecule has 1 aromatic carbocycles. The Balaban J connectivity index is 2.07. The summed E-state index contributed by atoms with van der Waals surface area (Å²) in [6, 6.07) is 10.5. The van der Waals surface area contributed by atoms with Crippen LogP contribution in [0.4, 0.5) is 5.69 Å². The van der Waals surface area contributed by atoms with Gasteiger partial charge in [0.1, 0.15) is 0 Å². The van der Waals surface area contributed by atoms with Crippen LogP contribution in [0, 0.1) is 6.92 Å². The predicted molar refractivity (Wildman–Crippen MR) is 86.7 cm³/mol. The zero-order valence-electron chi connectivity index (χ0n) is 13.0. The first kappa shape index (κ1) is 14.3. The van der Waals surface area contributed by atoms with Gasteiger partial charge in [-0.15, -0.1) is 0 Å². The Bertz CT molecular complexity index is 654. The van der Waals surface area contributed by atoms with Crippen molar-refractivity contribution in [2.75, 3.05) is 24.5 Å². The quantitative estimate of drug-likeness (QED) is 0.921. The van der Waals surface area contributed by atoms with Crippen molar-refractivity contribution < 1.29 is 4.74 Å². The number of morpholine rings is 1. The molecule has 21 heavy (non-hydrogen) atoms. The molecule has 0 saturated carbocycles. The number of aryl methyl sites for hydroxylation is 1. The molecule has 2 N–H and O–H groups in total. The third-order valence-corrected chi connectivity index (χ3v) is 3.91. The van der Waals surface area contributed by atoms with Gasteiger partial charge in [0.25, 0.3) is 0 Å². The van der Waals surface area contributed by atoms with Gasteiger partial charge < -0.3 is 15.4 Å². The molecule has 0 spiro atoms. The van der Waals surface area contributed by atoms with Crippen LogP contribution in [0.5, 0.6) is 0 Å². The maximum Gasteiger partial charge on any atom is 0.0879 e. The molecule has 0 bridgehead atoms. The van der Waals surface area contributed by atoms with Crippen LogP contribution in [0.15, 0.2) is 30.3 Å². The zero-order chi connectivity index (χ0) is 15.0. The lowest BCUT2D eigenvalue weighted by atomic mass is 10.0. The number of pyridine rings is 1. The third kappa shape index (κ3) is 2.87. The fourth-order valence-corrected chi connectivity index (χ4v) is 3.15. The van der Waals surface area contributed by atoms with Crippen molar-refractivity contribution in [3.8, 4) is 0 Å². The van der Waals surface area contributed by atoms with E-state index < -0.39 is 0 Å². The van der Waals surface area contributed by atoms with E-state index in [2.05, 4.69) is 48.0 Å². The van der Waals surface area contributed by atoms with Gasteiger partial charge in [0.15, 0.2) is 0 Å². The molecule has 1 aliphatic heterocycles. The lowest BCUT2D eigenvalue weighted by molar-refractivity contribution is -0.0787. The van der Waals surface area contributed by atoms with Crippen molar-refractivity contribution in [3.63, 3.8) is 0 Å². The summed E-state index contributed by atoms with van der Waals surface area (Å²) in [6.45, 7) is 8.52. The Kier molecular flexibility index (Phi) is 3.59. The van der Waals surface area contributed by atoms with Crippen LogP contribution in [0.1, 0.15) is 19.5 Å². The van der Waals surface area contributed by atoms with Crippen molar-refractivity contribution in [2.45, 2.75) is 32.5 Å². The minimum absolute atomic E-state index is 0.0704. The second-order valence-corrected chi connectivity index (χ2v) is 6.42. The largest absolute Gasteiger partial charge is 0.367 e. The number of para-hydroxylation sites is 1. The highest BCUT2D eigenvalue weighted by Gasteiger charge is 2.33. The highest BCUT2D eigenvalue weighted by molar-refractivity contribution is 5.92. The van der Waals surface area contributed by atoms with Gasteiger partial charge in [-0.25, -0.2) is 0 Å². The van der Waals surface area contributed by atoms with Crippen molar-refractivity contribution in [1.82, 2.24) is 4.98 Å². The summed E-state index contributed by atoms with van der Waals surface area (Å²) in [5.41, 5.74) is 8.96. The molecular weight excluding hydrogens is 262 g/mol. The summed E-state index contributed by atoms with van der Waals surface area (Å²) in [5.74, 6) is 0. The summed E-state index contributed by atoms with van der Waals surface area (Å²) in [6.07, 6.45) is 0.0704. The fraction of sp³-hybridized carbons (Fsp3) is 0.471. The summed E-state index contributed by atoms with van der Waals surface area (Å²) < 4.78 is 6.03. The second-order valence-electron chi connectivity index (χ2n) is 6.42. The van der Waals surface area contributed by atoms with E-state index in [-0.39, 0.29) is 11.7 Å². The molecule has 1 atom stereocenters. The standard InChI is InChI=1S/C17H23N3O/c1-12-8-16(14-6-4-5-7-15(14)19-12)20-10-13(9-18)21-17(2,3)11-20/h4-8,13H,9-11,18H2,1-3H3. The Hall–Kier alpha value is -1.65. The normalized spacial score (nSPS) is 21.7. The van der Waals surface area contributed by atoms with E-state index in [0.29, 0.717) is 6.54 Å². The van der Waals surface area contributed by atoms with Crippen molar-refractivity contribution in [2.24, 2.45) is 5.73 Å². The molecule has 1 aromatic heterocycles. The molecule has 0 radical (unpaired) electrons. The summed E-state index contributed by atoms with van der Waals surface area (Å²) in [5, 5.41) is 1.19. The number of aromatic nitrogens is 1. The molecule has 2 aromatic rings. The monoisotopic (exact) mass is 285 g/mol. The lowest BCUT2D eigenvalue weighted by Crippen LogP contribution is -2.55. The van der Waals surface area contributed by atoms with Crippen molar-refractivity contribution in [1.29, 1.82) is 0 Å². The number of rotatable bonds is 2. The number of nitrogens with zero attached hydrogens (tertiary/aromatic N) is 2. The average molecular weight is 285 g/mol.